The third-order valence-corrected chi connectivity index (χ3v) is 11.1. The Labute approximate surface area is 296 Å². The Kier molecular flexibility index (Phi) is 7.50. The van der Waals surface area contributed by atoms with Crippen LogP contribution in [0.4, 0.5) is 17.1 Å². The molecule has 0 saturated heterocycles. The van der Waals surface area contributed by atoms with Crippen LogP contribution in [0.1, 0.15) is 48.9 Å². The second-order valence-electron chi connectivity index (χ2n) is 14.4. The molecule has 2 aliphatic rings. The van der Waals surface area contributed by atoms with Gasteiger partial charge in [-0.2, -0.15) is 0 Å². The van der Waals surface area contributed by atoms with Gasteiger partial charge in [0.2, 0.25) is 0 Å². The molecule has 0 radical (unpaired) electrons. The van der Waals surface area contributed by atoms with Crippen molar-refractivity contribution in [3.8, 4) is 44.5 Å². The maximum absolute atomic E-state index is 2.51. The molecule has 0 aromatic heterocycles. The molecule has 0 saturated carbocycles. The van der Waals surface area contributed by atoms with Crippen molar-refractivity contribution in [3.63, 3.8) is 0 Å². The Morgan fingerprint density at radius 1 is 0.420 bits per heavy atom. The van der Waals surface area contributed by atoms with Crippen molar-refractivity contribution < 1.29 is 0 Å². The summed E-state index contributed by atoms with van der Waals surface area (Å²) in [6.45, 7) is 4.74. The van der Waals surface area contributed by atoms with Gasteiger partial charge in [-0.15, -0.1) is 0 Å². The molecule has 0 bridgehead atoms. The molecule has 0 amide bonds. The van der Waals surface area contributed by atoms with Gasteiger partial charge in [0.05, 0.1) is 5.69 Å². The Morgan fingerprint density at radius 3 is 1.68 bits per heavy atom. The zero-order valence-corrected chi connectivity index (χ0v) is 28.9. The van der Waals surface area contributed by atoms with E-state index in [0.717, 1.165) is 17.8 Å². The van der Waals surface area contributed by atoms with E-state index in [1.807, 2.05) is 0 Å². The molecule has 7 aromatic rings. The largest absolute Gasteiger partial charge is 0.309 e. The molecule has 242 valence electrons. The predicted molar refractivity (Wildman–Crippen MR) is 212 cm³/mol. The molecule has 0 heterocycles. The fourth-order valence-electron chi connectivity index (χ4n) is 8.57. The van der Waals surface area contributed by atoms with Crippen LogP contribution in [0.15, 0.2) is 164 Å². The monoisotopic (exact) mass is 643 g/mol. The number of nitrogens with zero attached hydrogens (tertiary/aromatic N) is 1. The maximum atomic E-state index is 2.51. The second kappa shape index (κ2) is 12.3. The lowest BCUT2D eigenvalue weighted by atomic mass is 9.82. The number of anilines is 3. The zero-order chi connectivity index (χ0) is 33.7. The third-order valence-electron chi connectivity index (χ3n) is 11.1. The summed E-state index contributed by atoms with van der Waals surface area (Å²) in [7, 11) is 0. The summed E-state index contributed by atoms with van der Waals surface area (Å²) < 4.78 is 0. The molecule has 0 fully saturated rings. The van der Waals surface area contributed by atoms with Crippen molar-refractivity contribution in [2.45, 2.75) is 44.9 Å². The van der Waals surface area contributed by atoms with Crippen LogP contribution < -0.4 is 4.90 Å². The summed E-state index contributed by atoms with van der Waals surface area (Å²) in [4.78, 5) is 2.51. The van der Waals surface area contributed by atoms with E-state index >= 15 is 0 Å². The Balaban J connectivity index is 1.28. The smallest absolute Gasteiger partial charge is 0.0618 e. The first-order valence-electron chi connectivity index (χ1n) is 18.1. The molecule has 9 rings (SSSR count). The van der Waals surface area contributed by atoms with E-state index in [1.54, 1.807) is 0 Å². The van der Waals surface area contributed by atoms with Crippen molar-refractivity contribution in [1.82, 2.24) is 0 Å². The second-order valence-corrected chi connectivity index (χ2v) is 14.4. The van der Waals surface area contributed by atoms with Gasteiger partial charge in [-0.1, -0.05) is 153 Å². The van der Waals surface area contributed by atoms with Gasteiger partial charge in [0, 0.05) is 27.9 Å². The van der Waals surface area contributed by atoms with Crippen LogP contribution in [0.25, 0.3) is 44.5 Å². The van der Waals surface area contributed by atoms with Gasteiger partial charge in [-0.05, 0) is 106 Å². The summed E-state index contributed by atoms with van der Waals surface area (Å²) in [5.41, 5.74) is 19.4. The Bertz CT molecular complexity index is 2270. The molecule has 1 heteroatoms. The standard InChI is InChI=1S/C49H41N/c1-49(2)46-26-12-11-22-44(46)45-32-31-39(33-47(45)49)50(38-29-27-37(28-30-38)41-23-13-20-34-19-9-10-21-40(34)41)48-42(35-15-5-3-6-16-35)24-14-25-43(48)36-17-7-4-8-18-36/h3-8,11-18,20,22-33H,9-10,19,21H2,1-2H3. The number of rotatable bonds is 6. The molecule has 0 aliphatic heterocycles. The molecule has 0 atom stereocenters. The van der Waals surface area contributed by atoms with Gasteiger partial charge in [0.25, 0.3) is 0 Å². The summed E-state index contributed by atoms with van der Waals surface area (Å²) in [6, 6.07) is 60.7. The van der Waals surface area contributed by atoms with Crippen LogP contribution in [0, 0.1) is 0 Å². The summed E-state index contributed by atoms with van der Waals surface area (Å²) >= 11 is 0. The average Bonchev–Trinajstić information content (AvgIpc) is 3.41. The van der Waals surface area contributed by atoms with Gasteiger partial charge in [-0.25, -0.2) is 0 Å². The molecule has 0 unspecified atom stereocenters. The van der Waals surface area contributed by atoms with Gasteiger partial charge in [0.1, 0.15) is 0 Å². The third kappa shape index (κ3) is 5.08. The van der Waals surface area contributed by atoms with E-state index in [4.69, 9.17) is 0 Å². The van der Waals surface area contributed by atoms with E-state index < -0.39 is 0 Å². The van der Waals surface area contributed by atoms with Crippen molar-refractivity contribution in [1.29, 1.82) is 0 Å². The minimum absolute atomic E-state index is 0.106. The Hall–Kier alpha value is -5.66. The van der Waals surface area contributed by atoms with Crippen LogP contribution >= 0.6 is 0 Å². The minimum atomic E-state index is -0.106. The van der Waals surface area contributed by atoms with E-state index in [0.29, 0.717) is 0 Å². The quantitative estimate of drug-likeness (QED) is 0.174. The van der Waals surface area contributed by atoms with Gasteiger partial charge in [0.15, 0.2) is 0 Å². The summed E-state index contributed by atoms with van der Waals surface area (Å²) in [6.07, 6.45) is 4.91. The SMILES string of the molecule is CC1(C)c2ccccc2-c2ccc(N(c3ccc(-c4cccc5c4CCCC5)cc3)c3c(-c4ccccc4)cccc3-c3ccccc3)cc21. The van der Waals surface area contributed by atoms with Gasteiger partial charge < -0.3 is 4.90 Å². The molecule has 50 heavy (non-hydrogen) atoms. The first kappa shape index (κ1) is 30.4. The molecular formula is C49H41N. The van der Waals surface area contributed by atoms with Gasteiger partial charge >= 0.3 is 0 Å². The lowest BCUT2D eigenvalue weighted by Crippen LogP contribution is -2.17. The van der Waals surface area contributed by atoms with Crippen molar-refractivity contribution in [3.05, 3.63) is 186 Å². The highest BCUT2D eigenvalue weighted by molar-refractivity contribution is 5.98. The fraction of sp³-hybridized carbons (Fsp3) is 0.143. The minimum Gasteiger partial charge on any atom is -0.309 e. The molecule has 0 spiro atoms. The lowest BCUT2D eigenvalue weighted by Gasteiger charge is -2.32. The van der Waals surface area contributed by atoms with Crippen LogP contribution in [0.3, 0.4) is 0 Å². The van der Waals surface area contributed by atoms with E-state index in [1.165, 1.54) is 91.7 Å². The first-order valence-corrected chi connectivity index (χ1v) is 18.1. The predicted octanol–water partition coefficient (Wildman–Crippen LogP) is 13.3. The highest BCUT2D eigenvalue weighted by Crippen LogP contribution is 2.52. The molecule has 1 nitrogen and oxygen atoms in total. The normalized spacial score (nSPS) is 14.0. The number of hydrogen-bond donors (Lipinski definition) is 0. The lowest BCUT2D eigenvalue weighted by molar-refractivity contribution is 0.660. The number of hydrogen-bond acceptors (Lipinski definition) is 1. The number of aryl methyl sites for hydroxylation is 1. The highest BCUT2D eigenvalue weighted by atomic mass is 15.1. The topological polar surface area (TPSA) is 3.24 Å². The van der Waals surface area contributed by atoms with E-state index in [2.05, 4.69) is 183 Å². The van der Waals surface area contributed by atoms with E-state index in [-0.39, 0.29) is 5.41 Å². The Morgan fingerprint density at radius 2 is 0.960 bits per heavy atom. The summed E-state index contributed by atoms with van der Waals surface area (Å²) in [5.74, 6) is 0. The highest BCUT2D eigenvalue weighted by Gasteiger charge is 2.36. The number of fused-ring (bicyclic) bond motifs is 4. The molecule has 7 aromatic carbocycles. The zero-order valence-electron chi connectivity index (χ0n) is 28.9. The van der Waals surface area contributed by atoms with Crippen LogP contribution in [-0.2, 0) is 18.3 Å². The van der Waals surface area contributed by atoms with E-state index in [9.17, 15) is 0 Å². The molecule has 0 N–H and O–H groups in total. The van der Waals surface area contributed by atoms with Gasteiger partial charge in [-0.3, -0.25) is 0 Å². The van der Waals surface area contributed by atoms with Crippen LogP contribution in [0.2, 0.25) is 0 Å². The summed E-state index contributed by atoms with van der Waals surface area (Å²) in [5, 5.41) is 0. The van der Waals surface area contributed by atoms with Crippen molar-refractivity contribution in [2.24, 2.45) is 0 Å². The maximum Gasteiger partial charge on any atom is 0.0618 e. The van der Waals surface area contributed by atoms with Crippen molar-refractivity contribution in [2.75, 3.05) is 4.90 Å². The average molecular weight is 644 g/mol. The molecule has 2 aliphatic carbocycles. The number of para-hydroxylation sites is 1. The number of benzene rings is 7. The van der Waals surface area contributed by atoms with Crippen molar-refractivity contribution >= 4 is 17.1 Å². The van der Waals surface area contributed by atoms with Crippen LogP contribution in [-0.4, -0.2) is 0 Å². The van der Waals surface area contributed by atoms with Crippen LogP contribution in [0.5, 0.6) is 0 Å². The first-order chi connectivity index (χ1) is 24.6. The fourth-order valence-corrected chi connectivity index (χ4v) is 8.57. The molecular weight excluding hydrogens is 603 g/mol.